The van der Waals surface area contributed by atoms with Gasteiger partial charge in [0.15, 0.2) is 11.5 Å². The van der Waals surface area contributed by atoms with E-state index in [1.165, 1.54) is 24.3 Å². The third kappa shape index (κ3) is 6.43. The summed E-state index contributed by atoms with van der Waals surface area (Å²) in [5, 5.41) is 22.8. The predicted octanol–water partition coefficient (Wildman–Crippen LogP) is 11.4. The van der Waals surface area contributed by atoms with E-state index in [2.05, 4.69) is 9.97 Å². The van der Waals surface area contributed by atoms with Crippen molar-refractivity contribution < 1.29 is 19.3 Å². The van der Waals surface area contributed by atoms with E-state index < -0.39 is 9.85 Å². The molecule has 2 aliphatic heterocycles. The fraction of sp³-hybridized carbons (Fsp3) is 0. The van der Waals surface area contributed by atoms with Crippen molar-refractivity contribution in [2.75, 3.05) is 0 Å². The van der Waals surface area contributed by atoms with E-state index in [0.717, 1.165) is 33.3 Å². The number of rotatable bonds is 8. The molecule has 9 rings (SSSR count). The molecule has 0 spiro atoms. The lowest BCUT2D eigenvalue weighted by molar-refractivity contribution is -0.385. The van der Waals surface area contributed by atoms with E-state index in [1.807, 2.05) is 109 Å². The number of benzene rings is 4. The summed E-state index contributed by atoms with van der Waals surface area (Å²) in [6.07, 6.45) is 7.55. The summed E-state index contributed by atoms with van der Waals surface area (Å²) < 4.78 is 13.0. The molecule has 0 radical (unpaired) electrons. The van der Waals surface area contributed by atoms with E-state index in [-0.39, 0.29) is 11.4 Å². The first kappa shape index (κ1) is 33.7. The first-order valence-electron chi connectivity index (χ1n) is 17.5. The highest BCUT2D eigenvalue weighted by molar-refractivity contribution is 5.96. The number of fused-ring (bicyclic) bond motifs is 8. The predicted molar refractivity (Wildman–Crippen MR) is 216 cm³/mol. The third-order valence-corrected chi connectivity index (χ3v) is 9.32. The first-order valence-corrected chi connectivity index (χ1v) is 17.5. The van der Waals surface area contributed by atoms with E-state index in [0.29, 0.717) is 56.8 Å². The van der Waals surface area contributed by atoms with E-state index in [4.69, 9.17) is 19.4 Å². The number of hydrogen-bond donors (Lipinski definition) is 2. The van der Waals surface area contributed by atoms with Crippen molar-refractivity contribution in [3.05, 3.63) is 176 Å². The number of nitrogens with zero attached hydrogens (tertiary/aromatic N) is 4. The highest BCUT2D eigenvalue weighted by atomic mass is 16.6. The zero-order valence-electron chi connectivity index (χ0n) is 29.2. The third-order valence-electron chi connectivity index (χ3n) is 9.32. The second-order valence-corrected chi connectivity index (χ2v) is 12.8. The summed E-state index contributed by atoms with van der Waals surface area (Å²) in [6, 6.07) is 39.3. The fourth-order valence-corrected chi connectivity index (χ4v) is 6.69. The summed E-state index contributed by atoms with van der Waals surface area (Å²) in [5.41, 5.74) is 8.43. The molecule has 0 unspecified atom stereocenters. The zero-order valence-corrected chi connectivity index (χ0v) is 29.2. The summed E-state index contributed by atoms with van der Waals surface area (Å²) in [4.78, 5) is 39.3. The minimum atomic E-state index is -0.453. The average molecular weight is 737 g/mol. The molecular weight excluding hydrogens is 709 g/mol. The van der Waals surface area contributed by atoms with Crippen LogP contribution in [0.4, 0.5) is 11.4 Å². The molecule has 4 aromatic carbocycles. The van der Waals surface area contributed by atoms with Crippen molar-refractivity contribution in [3.63, 3.8) is 0 Å². The second-order valence-electron chi connectivity index (χ2n) is 12.8. The van der Waals surface area contributed by atoms with Gasteiger partial charge in [0.1, 0.15) is 22.9 Å². The topological polar surface area (TPSA) is 162 Å². The maximum Gasteiger partial charge on any atom is 0.269 e. The number of non-ortho nitro benzene ring substituents is 2. The molecule has 56 heavy (non-hydrogen) atoms. The van der Waals surface area contributed by atoms with Gasteiger partial charge < -0.3 is 19.4 Å². The van der Waals surface area contributed by atoms with Crippen LogP contribution in [-0.4, -0.2) is 29.8 Å². The van der Waals surface area contributed by atoms with Gasteiger partial charge in [0.2, 0.25) is 0 Å². The van der Waals surface area contributed by atoms with Crippen LogP contribution >= 0.6 is 0 Å². The van der Waals surface area contributed by atoms with E-state index in [9.17, 15) is 20.2 Å². The number of nitro groups is 2. The number of hydrogen-bond acceptors (Lipinski definition) is 8. The summed E-state index contributed by atoms with van der Waals surface area (Å²) in [5.74, 6) is 1.62. The average Bonchev–Trinajstić information content (AvgIpc) is 4.07. The normalized spacial score (nSPS) is 11.7. The van der Waals surface area contributed by atoms with Gasteiger partial charge in [-0.25, -0.2) is 9.97 Å². The Balaban J connectivity index is 1.36. The lowest BCUT2D eigenvalue weighted by Crippen LogP contribution is -1.93. The van der Waals surface area contributed by atoms with Gasteiger partial charge in [-0.15, -0.1) is 0 Å². The highest BCUT2D eigenvalue weighted by Gasteiger charge is 2.20. The molecule has 0 saturated carbocycles. The standard InChI is InChI=1S/C44H28N6O6/c51-49(52)29-11-15-31(16-12-29)55-43-37-23-19-33(45-37)41(27-7-3-1-4-8-27)34-20-24-38(46-34)44(56-32-17-13-30(14-18-32)50(53)54)40-26-22-36(48-40)42(28-9-5-2-6-10-28)35-21-25-39(43)47-35/h1-26,45-46H. The van der Waals surface area contributed by atoms with Crippen LogP contribution in [0.1, 0.15) is 22.8 Å². The number of nitrogens with one attached hydrogen (secondary N) is 2. The van der Waals surface area contributed by atoms with Gasteiger partial charge in [-0.3, -0.25) is 20.2 Å². The molecule has 0 atom stereocenters. The van der Waals surface area contributed by atoms with Gasteiger partial charge in [0.05, 0.1) is 32.3 Å². The summed E-state index contributed by atoms with van der Waals surface area (Å²) >= 11 is 0. The maximum atomic E-state index is 11.4. The molecule has 12 heteroatoms. The van der Waals surface area contributed by atoms with Gasteiger partial charge in [0.25, 0.3) is 11.4 Å². The number of ether oxygens (including phenoxy) is 2. The Morgan fingerprint density at radius 3 is 1.21 bits per heavy atom. The number of H-pyrrole nitrogens is 2. The van der Waals surface area contributed by atoms with Crippen molar-refractivity contribution >= 4 is 57.7 Å². The van der Waals surface area contributed by atoms with Crippen LogP contribution in [0.2, 0.25) is 0 Å². The van der Waals surface area contributed by atoms with Crippen LogP contribution in [0.5, 0.6) is 23.0 Å². The molecular formula is C44H28N6O6. The molecule has 0 fully saturated rings. The van der Waals surface area contributed by atoms with Crippen LogP contribution < -0.4 is 9.47 Å². The van der Waals surface area contributed by atoms with Crippen LogP contribution in [-0.2, 0) is 0 Å². The SMILES string of the molecule is O=[N+]([O-])c1ccc(Oc2c3nc(c(-c4ccccc4)c4nc(c(Oc5ccc([N+](=O)[O-])cc5)c5ccc([nH]5)c(-c5ccccc5)c5ccc2[nH]5)C=C4)C=C3)cc1. The minimum absolute atomic E-state index is 0.0501. The summed E-state index contributed by atoms with van der Waals surface area (Å²) in [6.45, 7) is 0. The summed E-state index contributed by atoms with van der Waals surface area (Å²) in [7, 11) is 0. The van der Waals surface area contributed by atoms with Crippen LogP contribution in [0.3, 0.4) is 0 Å². The number of aromatic nitrogens is 4. The van der Waals surface area contributed by atoms with Crippen LogP contribution in [0.25, 0.3) is 68.6 Å². The monoisotopic (exact) mass is 736 g/mol. The molecule has 2 N–H and O–H groups in total. The largest absolute Gasteiger partial charge is 0.453 e. The Labute approximate surface area is 318 Å². The van der Waals surface area contributed by atoms with Gasteiger partial charge in [-0.05, 0) is 84.0 Å². The molecule has 2 aliphatic rings. The first-order chi connectivity index (χ1) is 27.4. The Morgan fingerprint density at radius 1 is 0.429 bits per heavy atom. The van der Waals surface area contributed by atoms with Crippen molar-refractivity contribution in [2.24, 2.45) is 0 Å². The highest BCUT2D eigenvalue weighted by Crippen LogP contribution is 2.39. The molecule has 270 valence electrons. The lowest BCUT2D eigenvalue weighted by atomic mass is 10.0. The van der Waals surface area contributed by atoms with Crippen LogP contribution in [0, 0.1) is 20.2 Å². The van der Waals surface area contributed by atoms with Crippen molar-refractivity contribution in [3.8, 4) is 45.3 Å². The van der Waals surface area contributed by atoms with E-state index in [1.54, 1.807) is 24.3 Å². The minimum Gasteiger partial charge on any atom is -0.453 e. The quantitative estimate of drug-likeness (QED) is 0.115. The fourth-order valence-electron chi connectivity index (χ4n) is 6.69. The Bertz CT molecular complexity index is 2740. The molecule has 12 nitrogen and oxygen atoms in total. The number of aromatic amines is 2. The maximum absolute atomic E-state index is 11.4. The molecule has 7 aromatic rings. The van der Waals surface area contributed by atoms with Gasteiger partial charge in [-0.2, -0.15) is 0 Å². The van der Waals surface area contributed by atoms with Gasteiger partial charge in [0, 0.05) is 46.4 Å². The smallest absolute Gasteiger partial charge is 0.269 e. The molecule has 0 saturated heterocycles. The van der Waals surface area contributed by atoms with Gasteiger partial charge >= 0.3 is 0 Å². The van der Waals surface area contributed by atoms with Crippen molar-refractivity contribution in [2.45, 2.75) is 0 Å². The second kappa shape index (κ2) is 14.0. The lowest BCUT2D eigenvalue weighted by Gasteiger charge is -2.08. The van der Waals surface area contributed by atoms with E-state index >= 15 is 0 Å². The number of nitro benzene ring substituents is 2. The molecule has 8 bridgehead atoms. The molecule has 0 aliphatic carbocycles. The molecule has 3 aromatic heterocycles. The Kier molecular flexibility index (Phi) is 8.44. The van der Waals surface area contributed by atoms with Crippen molar-refractivity contribution in [1.82, 2.24) is 19.9 Å². The van der Waals surface area contributed by atoms with Crippen LogP contribution in [0.15, 0.2) is 133 Å². The Hall–Kier alpha value is -8.12. The van der Waals surface area contributed by atoms with Crippen molar-refractivity contribution in [1.29, 1.82) is 0 Å². The van der Waals surface area contributed by atoms with Gasteiger partial charge in [-0.1, -0.05) is 60.7 Å². The molecule has 5 heterocycles. The zero-order chi connectivity index (χ0) is 38.2. The Morgan fingerprint density at radius 2 is 0.804 bits per heavy atom. The molecule has 0 amide bonds.